The Kier molecular flexibility index (Phi) is 11.7. The molecule has 134 valence electrons. The SMILES string of the molecule is CCNC(=NCCCCC(=O)OC)N(C)CC(=O)N(CC)CC. The molecule has 0 aromatic rings. The molecule has 0 saturated heterocycles. The zero-order chi connectivity index (χ0) is 17.7. The van der Waals surface area contributed by atoms with Crippen LogP contribution < -0.4 is 5.32 Å². The Bertz CT molecular complexity index is 382. The highest BCUT2D eigenvalue weighted by Gasteiger charge is 2.14. The molecule has 0 heterocycles. The van der Waals surface area contributed by atoms with E-state index in [-0.39, 0.29) is 11.9 Å². The maximum atomic E-state index is 12.2. The summed E-state index contributed by atoms with van der Waals surface area (Å²) in [6, 6.07) is 0. The number of ether oxygens (including phenoxy) is 1. The molecule has 0 fully saturated rings. The van der Waals surface area contributed by atoms with Gasteiger partial charge in [0.25, 0.3) is 0 Å². The largest absolute Gasteiger partial charge is 0.469 e. The van der Waals surface area contributed by atoms with Crippen molar-refractivity contribution in [1.29, 1.82) is 0 Å². The molecule has 0 bridgehead atoms. The Morgan fingerprint density at radius 1 is 1.13 bits per heavy atom. The van der Waals surface area contributed by atoms with Gasteiger partial charge < -0.3 is 19.9 Å². The normalized spacial score (nSPS) is 11.1. The Balaban J connectivity index is 4.43. The number of esters is 1. The first-order valence-corrected chi connectivity index (χ1v) is 8.34. The van der Waals surface area contributed by atoms with E-state index in [1.165, 1.54) is 7.11 Å². The van der Waals surface area contributed by atoms with Crippen molar-refractivity contribution in [2.75, 3.05) is 46.9 Å². The molecule has 0 aliphatic carbocycles. The fourth-order valence-corrected chi connectivity index (χ4v) is 2.09. The molecule has 0 radical (unpaired) electrons. The van der Waals surface area contributed by atoms with Crippen molar-refractivity contribution >= 4 is 17.8 Å². The minimum Gasteiger partial charge on any atom is -0.469 e. The summed E-state index contributed by atoms with van der Waals surface area (Å²) in [5, 5.41) is 3.19. The molecule has 0 aromatic heterocycles. The van der Waals surface area contributed by atoms with E-state index in [4.69, 9.17) is 0 Å². The van der Waals surface area contributed by atoms with Gasteiger partial charge in [-0.2, -0.15) is 0 Å². The summed E-state index contributed by atoms with van der Waals surface area (Å²) < 4.78 is 4.60. The van der Waals surface area contributed by atoms with Crippen LogP contribution in [0.2, 0.25) is 0 Å². The van der Waals surface area contributed by atoms with Crippen LogP contribution in [0.5, 0.6) is 0 Å². The van der Waals surface area contributed by atoms with E-state index in [1.54, 1.807) is 4.90 Å². The van der Waals surface area contributed by atoms with E-state index in [2.05, 4.69) is 15.0 Å². The van der Waals surface area contributed by atoms with Crippen molar-refractivity contribution in [3.05, 3.63) is 0 Å². The number of likely N-dealkylation sites (N-methyl/N-ethyl adjacent to an activating group) is 2. The highest BCUT2D eigenvalue weighted by Crippen LogP contribution is 1.99. The number of guanidine groups is 1. The second kappa shape index (κ2) is 12.7. The highest BCUT2D eigenvalue weighted by atomic mass is 16.5. The Morgan fingerprint density at radius 2 is 1.78 bits per heavy atom. The maximum Gasteiger partial charge on any atom is 0.305 e. The number of carbonyl (C=O) groups is 2. The number of aliphatic imine (C=N–C) groups is 1. The molecular weight excluding hydrogens is 296 g/mol. The minimum atomic E-state index is -0.192. The van der Waals surface area contributed by atoms with Gasteiger partial charge in [-0.3, -0.25) is 14.6 Å². The van der Waals surface area contributed by atoms with Crippen molar-refractivity contribution < 1.29 is 14.3 Å². The molecule has 0 saturated carbocycles. The van der Waals surface area contributed by atoms with Gasteiger partial charge in [0, 0.05) is 39.6 Å². The molecular formula is C16H32N4O3. The van der Waals surface area contributed by atoms with Crippen molar-refractivity contribution in [2.24, 2.45) is 4.99 Å². The second-order valence-corrected chi connectivity index (χ2v) is 5.19. The molecule has 0 rings (SSSR count). The predicted molar refractivity (Wildman–Crippen MR) is 92.4 cm³/mol. The first kappa shape index (κ1) is 21.2. The molecule has 0 unspecified atom stereocenters. The second-order valence-electron chi connectivity index (χ2n) is 5.19. The van der Waals surface area contributed by atoms with Crippen LogP contribution in [-0.2, 0) is 14.3 Å². The summed E-state index contributed by atoms with van der Waals surface area (Å²) in [5.74, 6) is 0.614. The summed E-state index contributed by atoms with van der Waals surface area (Å²) in [4.78, 5) is 31.3. The lowest BCUT2D eigenvalue weighted by Crippen LogP contribution is -2.45. The van der Waals surface area contributed by atoms with E-state index >= 15 is 0 Å². The molecule has 0 aliphatic rings. The van der Waals surface area contributed by atoms with E-state index in [9.17, 15) is 9.59 Å². The summed E-state index contributed by atoms with van der Waals surface area (Å²) in [6.07, 6.45) is 1.97. The third kappa shape index (κ3) is 9.05. The molecule has 0 aromatic carbocycles. The first-order chi connectivity index (χ1) is 11.0. The van der Waals surface area contributed by atoms with E-state index in [0.717, 1.165) is 19.4 Å². The number of unbranched alkanes of at least 4 members (excludes halogenated alkanes) is 1. The number of hydrogen-bond acceptors (Lipinski definition) is 4. The van der Waals surface area contributed by atoms with Gasteiger partial charge in [-0.05, 0) is 33.6 Å². The topological polar surface area (TPSA) is 74.2 Å². The van der Waals surface area contributed by atoms with Gasteiger partial charge in [-0.25, -0.2) is 0 Å². The van der Waals surface area contributed by atoms with E-state index < -0.39 is 0 Å². The lowest BCUT2D eigenvalue weighted by molar-refractivity contribution is -0.140. The highest BCUT2D eigenvalue weighted by molar-refractivity contribution is 5.86. The molecule has 23 heavy (non-hydrogen) atoms. The zero-order valence-electron chi connectivity index (χ0n) is 15.2. The van der Waals surface area contributed by atoms with Crippen LogP contribution in [0.1, 0.15) is 40.0 Å². The fraction of sp³-hybridized carbons (Fsp3) is 0.812. The average molecular weight is 328 g/mol. The number of amides is 1. The molecule has 1 amide bonds. The standard InChI is InChI=1S/C16H32N4O3/c1-6-17-16(18-12-10-9-11-15(22)23-5)19(4)13-14(21)20(7-2)8-3/h6-13H2,1-5H3,(H,17,18). The predicted octanol–water partition coefficient (Wildman–Crippen LogP) is 1.10. The van der Waals surface area contributed by atoms with Crippen molar-refractivity contribution in [3.8, 4) is 0 Å². The van der Waals surface area contributed by atoms with Crippen LogP contribution in [-0.4, -0.2) is 74.5 Å². The number of rotatable bonds is 10. The lowest BCUT2D eigenvalue weighted by atomic mass is 10.2. The summed E-state index contributed by atoms with van der Waals surface area (Å²) >= 11 is 0. The van der Waals surface area contributed by atoms with Crippen LogP contribution in [0, 0.1) is 0 Å². The van der Waals surface area contributed by atoms with Gasteiger partial charge in [-0.1, -0.05) is 0 Å². The monoisotopic (exact) mass is 328 g/mol. The van der Waals surface area contributed by atoms with E-state index in [0.29, 0.717) is 38.6 Å². The average Bonchev–Trinajstić information content (AvgIpc) is 2.54. The number of nitrogens with one attached hydrogen (secondary N) is 1. The molecule has 0 atom stereocenters. The summed E-state index contributed by atoms with van der Waals surface area (Å²) in [6.45, 7) is 9.02. The fourth-order valence-electron chi connectivity index (χ4n) is 2.09. The lowest BCUT2D eigenvalue weighted by Gasteiger charge is -2.25. The van der Waals surface area contributed by atoms with Crippen LogP contribution >= 0.6 is 0 Å². The van der Waals surface area contributed by atoms with Gasteiger partial charge in [0.05, 0.1) is 13.7 Å². The van der Waals surface area contributed by atoms with Crippen LogP contribution in [0.4, 0.5) is 0 Å². The molecule has 7 nitrogen and oxygen atoms in total. The quantitative estimate of drug-likeness (QED) is 0.281. The molecule has 0 spiro atoms. The number of carbonyl (C=O) groups excluding carboxylic acids is 2. The van der Waals surface area contributed by atoms with Crippen LogP contribution in [0.15, 0.2) is 4.99 Å². The van der Waals surface area contributed by atoms with Gasteiger partial charge in [0.2, 0.25) is 5.91 Å². The number of methoxy groups -OCH3 is 1. The third-order valence-corrected chi connectivity index (χ3v) is 3.46. The molecule has 1 N–H and O–H groups in total. The van der Waals surface area contributed by atoms with Crippen molar-refractivity contribution in [1.82, 2.24) is 15.1 Å². The number of hydrogen-bond donors (Lipinski definition) is 1. The van der Waals surface area contributed by atoms with Crippen molar-refractivity contribution in [2.45, 2.75) is 40.0 Å². The smallest absolute Gasteiger partial charge is 0.305 e. The minimum absolute atomic E-state index is 0.0915. The maximum absolute atomic E-state index is 12.2. The summed E-state index contributed by atoms with van der Waals surface area (Å²) in [5.41, 5.74) is 0. The van der Waals surface area contributed by atoms with Crippen LogP contribution in [0.3, 0.4) is 0 Å². The molecule has 7 heteroatoms. The summed E-state index contributed by atoms with van der Waals surface area (Å²) in [7, 11) is 3.25. The molecule has 0 aliphatic heterocycles. The van der Waals surface area contributed by atoms with Gasteiger partial charge in [0.15, 0.2) is 5.96 Å². The number of nitrogens with zero attached hydrogens (tertiary/aromatic N) is 3. The Hall–Kier alpha value is -1.79. The van der Waals surface area contributed by atoms with Gasteiger partial charge in [-0.15, -0.1) is 0 Å². The van der Waals surface area contributed by atoms with Gasteiger partial charge >= 0.3 is 5.97 Å². The zero-order valence-corrected chi connectivity index (χ0v) is 15.2. The first-order valence-electron chi connectivity index (χ1n) is 8.34. The third-order valence-electron chi connectivity index (χ3n) is 3.46. The van der Waals surface area contributed by atoms with Crippen LogP contribution in [0.25, 0.3) is 0 Å². The Labute approximate surface area is 140 Å². The van der Waals surface area contributed by atoms with Gasteiger partial charge in [0.1, 0.15) is 0 Å². The Morgan fingerprint density at radius 3 is 2.30 bits per heavy atom. The van der Waals surface area contributed by atoms with E-state index in [1.807, 2.05) is 32.7 Å². The van der Waals surface area contributed by atoms with Crippen molar-refractivity contribution in [3.63, 3.8) is 0 Å².